The van der Waals surface area contributed by atoms with Crippen molar-refractivity contribution in [2.45, 2.75) is 77.1 Å². The van der Waals surface area contributed by atoms with Gasteiger partial charge in [-0.1, -0.05) is 36.4 Å². The van der Waals surface area contributed by atoms with Gasteiger partial charge in [0.05, 0.1) is 24.7 Å². The van der Waals surface area contributed by atoms with Gasteiger partial charge in [0, 0.05) is 38.0 Å². The lowest BCUT2D eigenvalue weighted by Crippen LogP contribution is -2.41. The summed E-state index contributed by atoms with van der Waals surface area (Å²) in [6.45, 7) is 7.94. The summed E-state index contributed by atoms with van der Waals surface area (Å²) in [6.07, 6.45) is 7.47. The number of alkyl halides is 1. The van der Waals surface area contributed by atoms with E-state index in [2.05, 4.69) is 37.6 Å². The number of benzene rings is 1. The zero-order valence-electron chi connectivity index (χ0n) is 26.5. The Morgan fingerprint density at radius 2 is 1.91 bits per heavy atom. The molecule has 1 aliphatic rings. The van der Waals surface area contributed by atoms with E-state index in [1.807, 2.05) is 51.1 Å². The summed E-state index contributed by atoms with van der Waals surface area (Å²) in [5.41, 5.74) is 3.40. The van der Waals surface area contributed by atoms with Gasteiger partial charge in [0.15, 0.2) is 0 Å². The van der Waals surface area contributed by atoms with Crippen LogP contribution in [-0.2, 0) is 27.1 Å². The monoisotopic (exact) mass is 606 g/mol. The molecular formula is C34H47FN6O3. The van der Waals surface area contributed by atoms with Crippen molar-refractivity contribution in [3.8, 4) is 11.3 Å². The van der Waals surface area contributed by atoms with Crippen molar-refractivity contribution in [3.63, 3.8) is 0 Å². The SMILES string of the molecule is COCC(F)CN(CCCCc1ccc2c(n1)NCCC2)CCC(Nc1cnc(-c2ccccc2)cn1)C(=O)OC(C)(C)C. The maximum atomic E-state index is 14.7. The smallest absolute Gasteiger partial charge is 0.329 e. The third kappa shape index (κ3) is 10.8. The first-order valence-electron chi connectivity index (χ1n) is 15.6. The Morgan fingerprint density at radius 3 is 2.64 bits per heavy atom. The number of ether oxygens (including phenoxy) is 2. The van der Waals surface area contributed by atoms with E-state index in [4.69, 9.17) is 14.5 Å². The molecule has 0 saturated heterocycles. The minimum atomic E-state index is -1.13. The number of unbranched alkanes of at least 4 members (excludes halogenated alkanes) is 1. The average molecular weight is 607 g/mol. The zero-order valence-corrected chi connectivity index (χ0v) is 26.5. The van der Waals surface area contributed by atoms with Crippen molar-refractivity contribution >= 4 is 17.6 Å². The molecule has 2 aromatic heterocycles. The van der Waals surface area contributed by atoms with Gasteiger partial charge in [-0.2, -0.15) is 0 Å². The third-order valence-corrected chi connectivity index (χ3v) is 7.38. The van der Waals surface area contributed by atoms with Gasteiger partial charge >= 0.3 is 5.97 Å². The van der Waals surface area contributed by atoms with Crippen LogP contribution in [0.2, 0.25) is 0 Å². The lowest BCUT2D eigenvalue weighted by molar-refractivity contribution is -0.156. The molecule has 10 heteroatoms. The Kier molecular flexibility index (Phi) is 12.4. The molecular weight excluding hydrogens is 559 g/mol. The van der Waals surface area contributed by atoms with E-state index in [-0.39, 0.29) is 19.1 Å². The molecule has 44 heavy (non-hydrogen) atoms. The van der Waals surface area contributed by atoms with Crippen LogP contribution < -0.4 is 10.6 Å². The second kappa shape index (κ2) is 16.4. The largest absolute Gasteiger partial charge is 0.458 e. The Labute approximate surface area is 261 Å². The molecule has 1 aliphatic heterocycles. The summed E-state index contributed by atoms with van der Waals surface area (Å²) >= 11 is 0. The molecule has 0 radical (unpaired) electrons. The molecule has 0 spiro atoms. The van der Waals surface area contributed by atoms with Crippen molar-refractivity contribution < 1.29 is 18.7 Å². The maximum Gasteiger partial charge on any atom is 0.329 e. The summed E-state index contributed by atoms with van der Waals surface area (Å²) in [6, 6.07) is 13.4. The number of halogens is 1. The molecule has 0 amide bonds. The van der Waals surface area contributed by atoms with Crippen molar-refractivity contribution in [3.05, 3.63) is 66.1 Å². The Hall–Kier alpha value is -3.63. The summed E-state index contributed by atoms with van der Waals surface area (Å²) in [7, 11) is 1.50. The highest BCUT2D eigenvalue weighted by atomic mass is 19.1. The first kappa shape index (κ1) is 33.3. The number of nitrogens with one attached hydrogen (secondary N) is 2. The topological polar surface area (TPSA) is 102 Å². The van der Waals surface area contributed by atoms with Gasteiger partial charge in [0.25, 0.3) is 0 Å². The fraction of sp³-hybridized carbons (Fsp3) is 0.529. The van der Waals surface area contributed by atoms with Gasteiger partial charge in [-0.05, 0) is 77.5 Å². The number of fused-ring (bicyclic) bond motifs is 1. The van der Waals surface area contributed by atoms with Gasteiger partial charge < -0.3 is 25.0 Å². The summed E-state index contributed by atoms with van der Waals surface area (Å²) in [5, 5.41) is 6.62. The molecule has 238 valence electrons. The second-order valence-electron chi connectivity index (χ2n) is 12.3. The Balaban J connectivity index is 1.37. The summed E-state index contributed by atoms with van der Waals surface area (Å²) < 4.78 is 25.5. The number of esters is 1. The van der Waals surface area contributed by atoms with E-state index < -0.39 is 17.8 Å². The molecule has 2 unspecified atom stereocenters. The standard InChI is InChI=1S/C34H47FN6O3/c1-34(2,3)44-33(42)29(40-31-22-37-30(21-38-31)25-11-6-5-7-12-25)17-20-41(23-27(35)24-43-4)19-9-8-14-28-16-15-26-13-10-18-36-32(26)39-28/h5-7,11-12,15-16,21-22,27,29H,8-10,13-14,17-20,23-24H2,1-4H3,(H,36,39)(H,38,40). The van der Waals surface area contributed by atoms with Gasteiger partial charge in [0.1, 0.15) is 29.5 Å². The molecule has 0 fully saturated rings. The van der Waals surface area contributed by atoms with Crippen molar-refractivity contribution in [2.24, 2.45) is 0 Å². The first-order valence-corrected chi connectivity index (χ1v) is 15.6. The second-order valence-corrected chi connectivity index (χ2v) is 12.3. The van der Waals surface area contributed by atoms with Crippen LogP contribution in [0, 0.1) is 0 Å². The number of pyridine rings is 1. The quantitative estimate of drug-likeness (QED) is 0.157. The number of aryl methyl sites for hydroxylation is 2. The predicted octanol–water partition coefficient (Wildman–Crippen LogP) is 5.72. The van der Waals surface area contributed by atoms with E-state index in [0.717, 1.165) is 61.4 Å². The van der Waals surface area contributed by atoms with E-state index in [1.54, 1.807) is 12.4 Å². The molecule has 2 atom stereocenters. The molecule has 9 nitrogen and oxygen atoms in total. The van der Waals surface area contributed by atoms with Crippen LogP contribution in [0.3, 0.4) is 0 Å². The molecule has 3 aromatic rings. The number of aromatic nitrogens is 3. The highest BCUT2D eigenvalue weighted by Gasteiger charge is 2.27. The molecule has 0 aliphatic carbocycles. The number of rotatable bonds is 16. The number of anilines is 2. The third-order valence-electron chi connectivity index (χ3n) is 7.38. The van der Waals surface area contributed by atoms with E-state index in [1.165, 1.54) is 12.7 Å². The minimum Gasteiger partial charge on any atom is -0.458 e. The lowest BCUT2D eigenvalue weighted by Gasteiger charge is -2.28. The van der Waals surface area contributed by atoms with Crippen molar-refractivity contribution in [1.82, 2.24) is 19.9 Å². The zero-order chi connectivity index (χ0) is 31.4. The number of hydrogen-bond acceptors (Lipinski definition) is 9. The van der Waals surface area contributed by atoms with Gasteiger partial charge in [0.2, 0.25) is 0 Å². The number of hydrogen-bond donors (Lipinski definition) is 2. The minimum absolute atomic E-state index is 0.0274. The van der Waals surface area contributed by atoms with Gasteiger partial charge in [-0.3, -0.25) is 4.98 Å². The number of carbonyl (C=O) groups is 1. The van der Waals surface area contributed by atoms with Crippen LogP contribution in [-0.4, -0.2) is 83.5 Å². The van der Waals surface area contributed by atoms with Crippen LogP contribution in [0.25, 0.3) is 11.3 Å². The van der Waals surface area contributed by atoms with Crippen LogP contribution in [0.4, 0.5) is 16.0 Å². The Bertz CT molecular complexity index is 1300. The molecule has 0 bridgehead atoms. The molecule has 2 N–H and O–H groups in total. The van der Waals surface area contributed by atoms with Crippen molar-refractivity contribution in [2.75, 3.05) is 50.5 Å². The molecule has 1 aromatic carbocycles. The van der Waals surface area contributed by atoms with Crippen LogP contribution in [0.15, 0.2) is 54.9 Å². The highest BCUT2D eigenvalue weighted by molar-refractivity contribution is 5.79. The normalized spacial score (nSPS) is 14.4. The first-order chi connectivity index (χ1) is 21.2. The molecule has 0 saturated carbocycles. The van der Waals surface area contributed by atoms with Crippen molar-refractivity contribution in [1.29, 1.82) is 0 Å². The van der Waals surface area contributed by atoms with Gasteiger partial charge in [-0.25, -0.2) is 19.2 Å². The number of carbonyl (C=O) groups excluding carboxylic acids is 1. The van der Waals surface area contributed by atoms with Crippen LogP contribution in [0.5, 0.6) is 0 Å². The number of nitrogens with zero attached hydrogens (tertiary/aromatic N) is 4. The highest BCUT2D eigenvalue weighted by Crippen LogP contribution is 2.21. The predicted molar refractivity (Wildman–Crippen MR) is 173 cm³/mol. The maximum absolute atomic E-state index is 14.7. The molecule has 3 heterocycles. The molecule has 4 rings (SSSR count). The van der Waals surface area contributed by atoms with E-state index in [0.29, 0.717) is 25.3 Å². The van der Waals surface area contributed by atoms with Gasteiger partial charge in [-0.15, -0.1) is 0 Å². The fourth-order valence-corrected chi connectivity index (χ4v) is 5.23. The summed E-state index contributed by atoms with van der Waals surface area (Å²) in [5.74, 6) is 1.10. The van der Waals surface area contributed by atoms with Crippen LogP contribution in [0.1, 0.15) is 57.7 Å². The summed E-state index contributed by atoms with van der Waals surface area (Å²) in [4.78, 5) is 29.2. The lowest BCUT2D eigenvalue weighted by atomic mass is 10.1. The van der Waals surface area contributed by atoms with Crippen LogP contribution >= 0.6 is 0 Å². The fourth-order valence-electron chi connectivity index (χ4n) is 5.23. The average Bonchev–Trinajstić information content (AvgIpc) is 3.01. The van der Waals surface area contributed by atoms with E-state index in [9.17, 15) is 9.18 Å². The Morgan fingerprint density at radius 1 is 1.09 bits per heavy atom. The van der Waals surface area contributed by atoms with E-state index >= 15 is 0 Å². The number of methoxy groups -OCH3 is 1.